The van der Waals surface area contributed by atoms with Gasteiger partial charge in [0.1, 0.15) is 5.82 Å². The van der Waals surface area contributed by atoms with Gasteiger partial charge in [0.15, 0.2) is 0 Å². The van der Waals surface area contributed by atoms with Gasteiger partial charge in [-0.25, -0.2) is 4.99 Å². The van der Waals surface area contributed by atoms with E-state index in [2.05, 4.69) is 16.9 Å². The number of aliphatic imine (C=N–C) groups is 1. The molecular weight excluding hydrogens is 301 g/mol. The summed E-state index contributed by atoms with van der Waals surface area (Å²) in [7, 11) is 0. The molecule has 0 bridgehead atoms. The van der Waals surface area contributed by atoms with Gasteiger partial charge in [0.05, 0.1) is 5.56 Å². The Morgan fingerprint density at radius 2 is 1.91 bits per heavy atom. The van der Waals surface area contributed by atoms with Gasteiger partial charge < -0.3 is 5.32 Å². The molecule has 0 aliphatic carbocycles. The van der Waals surface area contributed by atoms with Gasteiger partial charge in [0.25, 0.3) is 0 Å². The van der Waals surface area contributed by atoms with E-state index < -0.39 is 11.7 Å². The summed E-state index contributed by atoms with van der Waals surface area (Å²) in [5.41, 5.74) is 1.64. The number of hydrogen-bond donors (Lipinski definition) is 1. The van der Waals surface area contributed by atoms with Crippen molar-refractivity contribution in [2.24, 2.45) is 4.99 Å². The average Bonchev–Trinajstić information content (AvgIpc) is 2.43. The van der Waals surface area contributed by atoms with Crippen LogP contribution in [0.25, 0.3) is 6.08 Å². The summed E-state index contributed by atoms with van der Waals surface area (Å²) >= 11 is 0. The molecule has 0 amide bonds. The first-order valence-corrected chi connectivity index (χ1v) is 7.13. The van der Waals surface area contributed by atoms with Crippen molar-refractivity contribution >= 4 is 12.3 Å². The van der Waals surface area contributed by atoms with Crippen molar-refractivity contribution in [3.63, 3.8) is 0 Å². The van der Waals surface area contributed by atoms with Crippen LogP contribution in [0.1, 0.15) is 37.5 Å². The highest BCUT2D eigenvalue weighted by molar-refractivity contribution is 5.60. The van der Waals surface area contributed by atoms with Gasteiger partial charge in [-0.1, -0.05) is 30.9 Å². The van der Waals surface area contributed by atoms with Crippen LogP contribution in [0.2, 0.25) is 0 Å². The van der Waals surface area contributed by atoms with Crippen LogP contribution in [-0.4, -0.2) is 6.21 Å². The van der Waals surface area contributed by atoms with Crippen molar-refractivity contribution < 1.29 is 13.2 Å². The molecule has 0 aliphatic heterocycles. The molecule has 0 spiro atoms. The Kier molecular flexibility index (Phi) is 6.37. The fourth-order valence-corrected chi connectivity index (χ4v) is 2.00. The highest BCUT2D eigenvalue weighted by Crippen LogP contribution is 2.33. The minimum absolute atomic E-state index is 0.206. The maximum absolute atomic E-state index is 12.9. The lowest BCUT2D eigenvalue weighted by atomic mass is 10.0. The summed E-state index contributed by atoms with van der Waals surface area (Å²) in [6.45, 7) is 10.7. The van der Waals surface area contributed by atoms with Gasteiger partial charge >= 0.3 is 6.18 Å². The number of hydrogen-bond acceptors (Lipinski definition) is 2. The van der Waals surface area contributed by atoms with Crippen molar-refractivity contribution in [3.8, 4) is 0 Å². The number of nitrogens with zero attached hydrogens (tertiary/aromatic N) is 1. The highest BCUT2D eigenvalue weighted by Gasteiger charge is 2.32. The zero-order valence-electron chi connectivity index (χ0n) is 13.8. The first-order chi connectivity index (χ1) is 10.7. The molecule has 5 heteroatoms. The van der Waals surface area contributed by atoms with E-state index in [0.29, 0.717) is 11.4 Å². The third-order valence-electron chi connectivity index (χ3n) is 3.16. The normalized spacial score (nSPS) is 13.5. The summed E-state index contributed by atoms with van der Waals surface area (Å²) < 4.78 is 38.8. The summed E-state index contributed by atoms with van der Waals surface area (Å²) in [6.07, 6.45) is 0.683. The molecule has 0 radical (unpaired) electrons. The van der Waals surface area contributed by atoms with E-state index in [1.165, 1.54) is 13.0 Å². The second-order valence-electron chi connectivity index (χ2n) is 5.18. The van der Waals surface area contributed by atoms with Crippen LogP contribution in [0.4, 0.5) is 13.2 Å². The maximum Gasteiger partial charge on any atom is 0.416 e. The van der Waals surface area contributed by atoms with Crippen molar-refractivity contribution in [2.45, 2.75) is 33.9 Å². The lowest BCUT2D eigenvalue weighted by Crippen LogP contribution is -2.09. The molecule has 0 saturated carbocycles. The summed E-state index contributed by atoms with van der Waals surface area (Å²) in [5, 5.41) is 3.02. The molecular formula is C18H21F3N2. The number of benzene rings is 1. The second kappa shape index (κ2) is 7.81. The van der Waals surface area contributed by atoms with Crippen LogP contribution in [0.5, 0.6) is 0 Å². The fourth-order valence-electron chi connectivity index (χ4n) is 2.00. The van der Waals surface area contributed by atoms with Gasteiger partial charge in [-0.05, 0) is 50.5 Å². The molecule has 23 heavy (non-hydrogen) atoms. The number of allylic oxidation sites excluding steroid dienone is 3. The third-order valence-corrected chi connectivity index (χ3v) is 3.16. The predicted octanol–water partition coefficient (Wildman–Crippen LogP) is 5.47. The molecule has 1 aromatic rings. The molecule has 0 saturated heterocycles. The smallest absolute Gasteiger partial charge is 0.344 e. The maximum atomic E-state index is 12.9. The van der Waals surface area contributed by atoms with E-state index in [1.54, 1.807) is 38.3 Å². The van der Waals surface area contributed by atoms with E-state index in [4.69, 9.17) is 0 Å². The first-order valence-electron chi connectivity index (χ1n) is 7.13. The quantitative estimate of drug-likeness (QED) is 0.564. The Labute approximate surface area is 135 Å². The molecule has 2 nitrogen and oxygen atoms in total. The van der Waals surface area contributed by atoms with Gasteiger partial charge in [-0.3, -0.25) is 0 Å². The molecule has 0 unspecified atom stereocenters. The lowest BCUT2D eigenvalue weighted by Gasteiger charge is -2.12. The minimum atomic E-state index is -4.35. The lowest BCUT2D eigenvalue weighted by molar-refractivity contribution is -0.138. The molecule has 0 fully saturated rings. The van der Waals surface area contributed by atoms with Crippen molar-refractivity contribution in [1.29, 1.82) is 0 Å². The molecule has 1 N–H and O–H groups in total. The summed E-state index contributed by atoms with van der Waals surface area (Å²) in [5.74, 6) is 0.612. The Balaban J connectivity index is 3.20. The van der Waals surface area contributed by atoms with Crippen molar-refractivity contribution in [3.05, 3.63) is 64.6 Å². The molecule has 1 rings (SSSR count). The van der Waals surface area contributed by atoms with Crippen molar-refractivity contribution in [1.82, 2.24) is 5.32 Å². The summed E-state index contributed by atoms with van der Waals surface area (Å²) in [4.78, 5) is 4.21. The van der Waals surface area contributed by atoms with Crippen LogP contribution in [0.15, 0.2) is 52.9 Å². The van der Waals surface area contributed by atoms with Crippen LogP contribution in [-0.2, 0) is 6.18 Å². The van der Waals surface area contributed by atoms with E-state index in [9.17, 15) is 13.2 Å². The zero-order valence-corrected chi connectivity index (χ0v) is 13.8. The van der Waals surface area contributed by atoms with Crippen LogP contribution >= 0.6 is 0 Å². The van der Waals surface area contributed by atoms with Crippen LogP contribution in [0, 0.1) is 6.92 Å². The predicted molar refractivity (Wildman–Crippen MR) is 90.0 cm³/mol. The number of rotatable bonds is 5. The monoisotopic (exact) mass is 322 g/mol. The largest absolute Gasteiger partial charge is 0.416 e. The Morgan fingerprint density at radius 3 is 2.43 bits per heavy atom. The third kappa shape index (κ3) is 5.43. The molecule has 0 aliphatic rings. The van der Waals surface area contributed by atoms with Gasteiger partial charge in [0.2, 0.25) is 0 Å². The van der Waals surface area contributed by atoms with E-state index >= 15 is 0 Å². The highest BCUT2D eigenvalue weighted by atomic mass is 19.4. The average molecular weight is 322 g/mol. The zero-order chi connectivity index (χ0) is 17.6. The topological polar surface area (TPSA) is 24.4 Å². The Bertz CT molecular complexity index is 665. The first kappa shape index (κ1) is 18.7. The SMILES string of the molecule is C=C(C)NC(/N=C\C)=C(C)/C=C/c1cccc(C(F)(F)F)c1C. The standard InChI is InChI=1S/C18H21F3N2/c1-6-22-17(23-12(2)3)13(4)10-11-15-8-7-9-16(14(15)5)18(19,20)21/h6-11,23H,2H2,1,3-5H3/b11-10+,17-13+,22-6-. The van der Waals surface area contributed by atoms with Gasteiger partial charge in [0, 0.05) is 11.9 Å². The van der Waals surface area contributed by atoms with Gasteiger partial charge in [-0.15, -0.1) is 0 Å². The van der Waals surface area contributed by atoms with Gasteiger partial charge in [-0.2, -0.15) is 13.2 Å². The molecule has 0 atom stereocenters. The Morgan fingerprint density at radius 1 is 1.26 bits per heavy atom. The van der Waals surface area contributed by atoms with E-state index in [1.807, 2.05) is 6.92 Å². The minimum Gasteiger partial charge on any atom is -0.344 e. The number of halogens is 3. The molecule has 124 valence electrons. The molecule has 0 heterocycles. The number of nitrogens with one attached hydrogen (secondary N) is 1. The van der Waals surface area contributed by atoms with Crippen LogP contribution < -0.4 is 5.32 Å². The Hall–Kier alpha value is -2.30. The fraction of sp³-hybridized carbons (Fsp3) is 0.278. The van der Waals surface area contributed by atoms with Crippen molar-refractivity contribution in [2.75, 3.05) is 0 Å². The van der Waals surface area contributed by atoms with E-state index in [0.717, 1.165) is 17.3 Å². The molecule has 1 aromatic carbocycles. The van der Waals surface area contributed by atoms with E-state index in [-0.39, 0.29) is 5.56 Å². The number of alkyl halides is 3. The van der Waals surface area contributed by atoms with Crippen LogP contribution in [0.3, 0.4) is 0 Å². The summed E-state index contributed by atoms with van der Waals surface area (Å²) in [6, 6.07) is 4.15. The molecule has 0 aromatic heterocycles. The second-order valence-corrected chi connectivity index (χ2v) is 5.18.